The van der Waals surface area contributed by atoms with E-state index < -0.39 is 5.97 Å². The summed E-state index contributed by atoms with van der Waals surface area (Å²) in [6, 6.07) is 3.91. The third-order valence-corrected chi connectivity index (χ3v) is 3.41. The van der Waals surface area contributed by atoms with Gasteiger partial charge in [-0.2, -0.15) is 0 Å². The van der Waals surface area contributed by atoms with Crippen molar-refractivity contribution in [1.29, 1.82) is 0 Å². The molecule has 18 heavy (non-hydrogen) atoms. The first kappa shape index (κ1) is 12.7. The highest BCUT2D eigenvalue weighted by molar-refractivity contribution is 6.04. The predicted octanol–water partition coefficient (Wildman–Crippen LogP) is 3.76. The zero-order valence-corrected chi connectivity index (χ0v) is 11.2. The Morgan fingerprint density at radius 3 is 2.61 bits per heavy atom. The lowest BCUT2D eigenvalue weighted by Gasteiger charge is -2.09. The van der Waals surface area contributed by atoms with Gasteiger partial charge in [-0.25, -0.2) is 4.79 Å². The van der Waals surface area contributed by atoms with E-state index in [2.05, 4.69) is 17.7 Å². The van der Waals surface area contributed by atoms with Crippen LogP contribution in [0.2, 0.25) is 0 Å². The molecule has 0 aliphatic heterocycles. The first-order chi connectivity index (χ1) is 8.56. The molecule has 2 aromatic rings. The van der Waals surface area contributed by atoms with Gasteiger partial charge in [-0.3, -0.25) is 0 Å². The van der Waals surface area contributed by atoms with E-state index in [4.69, 9.17) is 0 Å². The summed E-state index contributed by atoms with van der Waals surface area (Å²) >= 11 is 0. The second-order valence-electron chi connectivity index (χ2n) is 4.82. The van der Waals surface area contributed by atoms with E-state index in [0.717, 1.165) is 41.4 Å². The smallest absolute Gasteiger partial charge is 0.338 e. The van der Waals surface area contributed by atoms with Gasteiger partial charge in [0, 0.05) is 18.1 Å². The minimum atomic E-state index is -0.839. The van der Waals surface area contributed by atoms with Gasteiger partial charge in [0.1, 0.15) is 0 Å². The number of fused-ring (bicyclic) bond motifs is 1. The Bertz CT molecular complexity index is 596. The van der Waals surface area contributed by atoms with Crippen molar-refractivity contribution in [2.45, 2.75) is 40.2 Å². The summed E-state index contributed by atoms with van der Waals surface area (Å²) < 4.78 is 2.09. The molecule has 0 unspecified atom stereocenters. The number of hydrogen-bond acceptors (Lipinski definition) is 1. The Hall–Kier alpha value is -1.77. The van der Waals surface area contributed by atoms with Crippen LogP contribution in [0.4, 0.5) is 0 Å². The second kappa shape index (κ2) is 4.84. The molecule has 0 saturated carbocycles. The number of hydrogen-bond donors (Lipinski definition) is 1. The predicted molar refractivity (Wildman–Crippen MR) is 73.3 cm³/mol. The third kappa shape index (κ3) is 2.01. The lowest BCUT2D eigenvalue weighted by atomic mass is 10.0. The molecule has 0 bridgehead atoms. The maximum Gasteiger partial charge on any atom is 0.338 e. The van der Waals surface area contributed by atoms with E-state index in [0.29, 0.717) is 5.56 Å². The highest BCUT2D eigenvalue weighted by Gasteiger charge is 2.16. The van der Waals surface area contributed by atoms with E-state index in [-0.39, 0.29) is 0 Å². The lowest BCUT2D eigenvalue weighted by Crippen LogP contribution is -2.05. The highest BCUT2D eigenvalue weighted by Crippen LogP contribution is 2.27. The fourth-order valence-corrected chi connectivity index (χ4v) is 2.45. The lowest BCUT2D eigenvalue weighted by molar-refractivity contribution is 0.0698. The second-order valence-corrected chi connectivity index (χ2v) is 4.82. The number of aromatic carboxylic acids is 1. The van der Waals surface area contributed by atoms with Crippen LogP contribution in [-0.2, 0) is 6.54 Å². The Labute approximate surface area is 107 Å². The molecule has 0 atom stereocenters. The molecule has 96 valence electrons. The molecular formula is C15H19NO2. The van der Waals surface area contributed by atoms with Crippen LogP contribution in [0.1, 0.15) is 41.3 Å². The van der Waals surface area contributed by atoms with Gasteiger partial charge in [-0.05, 0) is 31.4 Å². The van der Waals surface area contributed by atoms with Gasteiger partial charge in [-0.15, -0.1) is 0 Å². The van der Waals surface area contributed by atoms with Gasteiger partial charge >= 0.3 is 5.97 Å². The minimum absolute atomic E-state index is 0.441. The van der Waals surface area contributed by atoms with Crippen molar-refractivity contribution >= 4 is 16.9 Å². The Morgan fingerprint density at radius 1 is 1.28 bits per heavy atom. The van der Waals surface area contributed by atoms with Gasteiger partial charge in [0.05, 0.1) is 11.1 Å². The van der Waals surface area contributed by atoms with Gasteiger partial charge in [0.2, 0.25) is 0 Å². The van der Waals surface area contributed by atoms with Crippen LogP contribution < -0.4 is 0 Å². The van der Waals surface area contributed by atoms with Crippen molar-refractivity contribution < 1.29 is 9.90 Å². The number of carboxylic acid groups (broad SMARTS) is 1. The number of carbonyl (C=O) groups is 1. The molecule has 3 heteroatoms. The fourth-order valence-electron chi connectivity index (χ4n) is 2.45. The zero-order valence-electron chi connectivity index (χ0n) is 11.2. The molecule has 3 nitrogen and oxygen atoms in total. The van der Waals surface area contributed by atoms with Crippen LogP contribution in [0.3, 0.4) is 0 Å². The van der Waals surface area contributed by atoms with Gasteiger partial charge in [0.15, 0.2) is 0 Å². The maximum absolute atomic E-state index is 11.5. The highest BCUT2D eigenvalue weighted by atomic mass is 16.4. The topological polar surface area (TPSA) is 42.2 Å². The summed E-state index contributed by atoms with van der Waals surface area (Å²) in [4.78, 5) is 11.5. The fraction of sp³-hybridized carbons (Fsp3) is 0.400. The van der Waals surface area contributed by atoms with Gasteiger partial charge < -0.3 is 9.67 Å². The molecule has 0 amide bonds. The van der Waals surface area contributed by atoms with E-state index in [1.54, 1.807) is 0 Å². The zero-order chi connectivity index (χ0) is 13.3. The quantitative estimate of drug-likeness (QED) is 0.891. The average molecular weight is 245 g/mol. The molecule has 0 fully saturated rings. The van der Waals surface area contributed by atoms with E-state index in [1.165, 1.54) is 0 Å². The van der Waals surface area contributed by atoms with Crippen LogP contribution in [0.5, 0.6) is 0 Å². The SMILES string of the molecule is CCCCn1cc(C)c2ccc(C)c(C(=O)O)c21. The van der Waals surface area contributed by atoms with Crippen LogP contribution in [0, 0.1) is 13.8 Å². The summed E-state index contributed by atoms with van der Waals surface area (Å²) in [7, 11) is 0. The number of aromatic nitrogens is 1. The molecule has 0 aliphatic carbocycles. The number of nitrogens with zero attached hydrogens (tertiary/aromatic N) is 1. The van der Waals surface area contributed by atoms with Gasteiger partial charge in [-0.1, -0.05) is 25.5 Å². The number of benzene rings is 1. The first-order valence-corrected chi connectivity index (χ1v) is 6.38. The standard InChI is InChI=1S/C15H19NO2/c1-4-5-8-16-9-11(3)12-7-6-10(2)13(14(12)16)15(17)18/h6-7,9H,4-5,8H2,1-3H3,(H,17,18). The van der Waals surface area contributed by atoms with Crippen molar-refractivity contribution in [1.82, 2.24) is 4.57 Å². The van der Waals surface area contributed by atoms with E-state index in [1.807, 2.05) is 26.0 Å². The molecule has 0 aliphatic rings. The average Bonchev–Trinajstić information content (AvgIpc) is 2.63. The van der Waals surface area contributed by atoms with Crippen LogP contribution in [-0.4, -0.2) is 15.6 Å². The Kier molecular flexibility index (Phi) is 3.41. The Morgan fingerprint density at radius 2 is 2.00 bits per heavy atom. The first-order valence-electron chi connectivity index (χ1n) is 6.38. The van der Waals surface area contributed by atoms with Crippen molar-refractivity contribution in [3.05, 3.63) is 35.0 Å². The van der Waals surface area contributed by atoms with Crippen molar-refractivity contribution in [2.75, 3.05) is 0 Å². The largest absolute Gasteiger partial charge is 0.478 e. The summed E-state index contributed by atoms with van der Waals surface area (Å²) in [6.07, 6.45) is 4.23. The van der Waals surface area contributed by atoms with E-state index >= 15 is 0 Å². The molecule has 1 heterocycles. The Balaban J connectivity index is 2.72. The summed E-state index contributed by atoms with van der Waals surface area (Å²) in [5.41, 5.74) is 3.28. The minimum Gasteiger partial charge on any atom is -0.478 e. The van der Waals surface area contributed by atoms with Crippen molar-refractivity contribution in [3.8, 4) is 0 Å². The normalized spacial score (nSPS) is 11.1. The molecule has 0 spiro atoms. The molecule has 0 radical (unpaired) electrons. The van der Waals surface area contributed by atoms with Crippen LogP contribution in [0.15, 0.2) is 18.3 Å². The number of rotatable bonds is 4. The molecule has 1 aromatic carbocycles. The van der Waals surface area contributed by atoms with E-state index in [9.17, 15) is 9.90 Å². The van der Waals surface area contributed by atoms with Crippen LogP contribution in [0.25, 0.3) is 10.9 Å². The molecular weight excluding hydrogens is 226 g/mol. The number of aryl methyl sites for hydroxylation is 3. The molecule has 2 rings (SSSR count). The number of carboxylic acids is 1. The summed E-state index contributed by atoms with van der Waals surface area (Å²) in [6.45, 7) is 6.91. The molecule has 1 N–H and O–H groups in total. The maximum atomic E-state index is 11.5. The van der Waals surface area contributed by atoms with Crippen LogP contribution >= 0.6 is 0 Å². The number of unbranched alkanes of at least 4 members (excludes halogenated alkanes) is 1. The molecule has 0 saturated heterocycles. The van der Waals surface area contributed by atoms with Crippen molar-refractivity contribution in [2.24, 2.45) is 0 Å². The molecule has 1 aromatic heterocycles. The van der Waals surface area contributed by atoms with Gasteiger partial charge in [0.25, 0.3) is 0 Å². The monoisotopic (exact) mass is 245 g/mol. The third-order valence-electron chi connectivity index (χ3n) is 3.41. The summed E-state index contributed by atoms with van der Waals surface area (Å²) in [5.74, 6) is -0.839. The van der Waals surface area contributed by atoms with Crippen molar-refractivity contribution in [3.63, 3.8) is 0 Å². The summed E-state index contributed by atoms with van der Waals surface area (Å²) in [5, 5.41) is 10.5.